The zero-order chi connectivity index (χ0) is 30.7. The number of nitrogens with zero attached hydrogens (tertiary/aromatic N) is 2. The van der Waals surface area contributed by atoms with Gasteiger partial charge in [0.25, 0.3) is 0 Å². The van der Waals surface area contributed by atoms with Gasteiger partial charge in [-0.15, -0.1) is 0 Å². The highest BCUT2D eigenvalue weighted by Gasteiger charge is 2.18. The van der Waals surface area contributed by atoms with Gasteiger partial charge in [-0.05, 0) is 82.6 Å². The molecule has 46 heavy (non-hydrogen) atoms. The molecule has 0 N–H and O–H groups in total. The van der Waals surface area contributed by atoms with Gasteiger partial charge in [-0.25, -0.2) is 0 Å². The molecule has 2 aliphatic heterocycles. The van der Waals surface area contributed by atoms with Crippen molar-refractivity contribution in [2.24, 2.45) is 0 Å². The normalized spacial score (nSPS) is 13.7. The Hall–Kier alpha value is -5.48. The smallest absolute Gasteiger partial charge is 0.161 e. The first kappa shape index (κ1) is 28.0. The molecule has 0 fully saturated rings. The van der Waals surface area contributed by atoms with Gasteiger partial charge in [-0.2, -0.15) is 0 Å². The topological polar surface area (TPSA) is 24.9 Å². The summed E-state index contributed by atoms with van der Waals surface area (Å²) >= 11 is 0. The van der Waals surface area contributed by atoms with Crippen molar-refractivity contribution < 1.29 is 9.47 Å². The maximum Gasteiger partial charge on any atom is 0.161 e. The summed E-state index contributed by atoms with van der Waals surface area (Å²) in [6.45, 7) is 2.90. The lowest BCUT2D eigenvalue weighted by Crippen LogP contribution is -2.31. The molecule has 0 aliphatic carbocycles. The second kappa shape index (κ2) is 12.5. The van der Waals surface area contributed by atoms with Gasteiger partial charge in [0.05, 0.1) is 0 Å². The van der Waals surface area contributed by atoms with Crippen LogP contribution < -0.4 is 19.3 Å². The molecule has 4 heteroatoms. The second-order valence-electron chi connectivity index (χ2n) is 12.2. The molecule has 0 amide bonds. The maximum atomic E-state index is 5.95. The Balaban J connectivity index is 0.859. The van der Waals surface area contributed by atoms with Crippen molar-refractivity contribution in [3.8, 4) is 22.6 Å². The van der Waals surface area contributed by atoms with Crippen LogP contribution in [0, 0.1) is 0 Å². The van der Waals surface area contributed by atoms with Gasteiger partial charge in [-0.1, -0.05) is 109 Å². The van der Waals surface area contributed by atoms with Crippen LogP contribution in [0.2, 0.25) is 0 Å². The van der Waals surface area contributed by atoms with Crippen LogP contribution >= 0.6 is 0 Å². The third-order valence-electron chi connectivity index (χ3n) is 9.08. The fourth-order valence-electron chi connectivity index (χ4n) is 6.43. The van der Waals surface area contributed by atoms with E-state index in [4.69, 9.17) is 9.47 Å². The number of fused-ring (bicyclic) bond motifs is 2. The molecule has 0 radical (unpaired) electrons. The number of hydrogen-bond acceptors (Lipinski definition) is 4. The first-order chi connectivity index (χ1) is 22.7. The minimum atomic E-state index is 0.580. The molecule has 2 heterocycles. The average Bonchev–Trinajstić information content (AvgIpc) is 3.12. The predicted molar refractivity (Wildman–Crippen MR) is 187 cm³/mol. The van der Waals surface area contributed by atoms with Crippen LogP contribution in [0.4, 0.5) is 11.4 Å². The highest BCUT2D eigenvalue weighted by molar-refractivity contribution is 5.64. The Bertz CT molecular complexity index is 1790. The standard InChI is InChI=1S/C42H36N2O2/c1-3-7-41-37(5-1)27-43(29-45-41)39-21-13-33(14-22-39)25-31-9-17-35(18-10-31)36-19-11-32(12-20-36)26-34-15-23-40(24-16-34)44-28-38-6-2-4-8-42(38)46-30-44/h1-24H,25-30H2. The lowest BCUT2D eigenvalue weighted by Gasteiger charge is -2.30. The fraction of sp³-hybridized carbons (Fsp3) is 0.143. The molecule has 0 saturated carbocycles. The number of ether oxygens (including phenoxy) is 2. The van der Waals surface area contributed by atoms with Crippen molar-refractivity contribution in [2.75, 3.05) is 23.3 Å². The van der Waals surface area contributed by atoms with E-state index in [1.165, 1.54) is 55.9 Å². The van der Waals surface area contributed by atoms with Crippen LogP contribution in [-0.4, -0.2) is 13.5 Å². The summed E-state index contributed by atoms with van der Waals surface area (Å²) in [5.41, 5.74) is 12.6. The lowest BCUT2D eigenvalue weighted by atomic mass is 9.98. The number of rotatable bonds is 7. The molecule has 4 nitrogen and oxygen atoms in total. The van der Waals surface area contributed by atoms with Crippen LogP contribution in [0.15, 0.2) is 146 Å². The van der Waals surface area contributed by atoms with Gasteiger partial charge >= 0.3 is 0 Å². The quantitative estimate of drug-likeness (QED) is 0.182. The third kappa shape index (κ3) is 6.07. The van der Waals surface area contributed by atoms with Crippen LogP contribution in [0.5, 0.6) is 11.5 Å². The fourth-order valence-corrected chi connectivity index (χ4v) is 6.43. The Labute approximate surface area is 271 Å². The second-order valence-corrected chi connectivity index (χ2v) is 12.2. The highest BCUT2D eigenvalue weighted by Crippen LogP contribution is 2.30. The molecule has 0 atom stereocenters. The van der Waals surface area contributed by atoms with Crippen LogP contribution in [0.25, 0.3) is 11.1 Å². The van der Waals surface area contributed by atoms with Gasteiger partial charge in [0.15, 0.2) is 13.5 Å². The minimum Gasteiger partial charge on any atom is -0.473 e. The molecule has 0 saturated heterocycles. The summed E-state index contributed by atoms with van der Waals surface area (Å²) in [7, 11) is 0. The van der Waals surface area contributed by atoms with Crippen LogP contribution in [0.3, 0.4) is 0 Å². The van der Waals surface area contributed by atoms with Gasteiger partial charge in [0.2, 0.25) is 0 Å². The number of anilines is 2. The van der Waals surface area contributed by atoms with E-state index in [-0.39, 0.29) is 0 Å². The Morgan fingerprint density at radius 2 is 0.739 bits per heavy atom. The number of hydrogen-bond donors (Lipinski definition) is 0. The van der Waals surface area contributed by atoms with E-state index in [0.717, 1.165) is 37.4 Å². The summed E-state index contributed by atoms with van der Waals surface area (Å²) in [6.07, 6.45) is 1.82. The summed E-state index contributed by atoms with van der Waals surface area (Å²) < 4.78 is 11.9. The lowest BCUT2D eigenvalue weighted by molar-refractivity contribution is 0.289. The van der Waals surface area contributed by atoms with E-state index < -0.39 is 0 Å². The van der Waals surface area contributed by atoms with Crippen molar-refractivity contribution in [3.63, 3.8) is 0 Å². The van der Waals surface area contributed by atoms with E-state index >= 15 is 0 Å². The SMILES string of the molecule is c1ccc2c(c1)CN(c1ccc(Cc3ccc(-c4ccc(Cc5ccc(N6COc7ccccc7C6)cc5)cc4)cc3)cc1)CO2. The zero-order valence-corrected chi connectivity index (χ0v) is 25.8. The zero-order valence-electron chi connectivity index (χ0n) is 25.8. The third-order valence-corrected chi connectivity index (χ3v) is 9.08. The molecule has 6 aromatic carbocycles. The van der Waals surface area contributed by atoms with Crippen molar-refractivity contribution in [3.05, 3.63) is 179 Å². The van der Waals surface area contributed by atoms with E-state index in [0.29, 0.717) is 13.5 Å². The summed E-state index contributed by atoms with van der Waals surface area (Å²) in [4.78, 5) is 4.54. The summed E-state index contributed by atoms with van der Waals surface area (Å²) in [6, 6.07) is 52.3. The monoisotopic (exact) mass is 600 g/mol. The highest BCUT2D eigenvalue weighted by atomic mass is 16.5. The maximum absolute atomic E-state index is 5.95. The molecule has 0 bridgehead atoms. The van der Waals surface area contributed by atoms with E-state index in [9.17, 15) is 0 Å². The average molecular weight is 601 g/mol. The van der Waals surface area contributed by atoms with Crippen LogP contribution in [0.1, 0.15) is 33.4 Å². The van der Waals surface area contributed by atoms with Gasteiger partial charge in [0, 0.05) is 35.6 Å². The van der Waals surface area contributed by atoms with Crippen LogP contribution in [-0.2, 0) is 25.9 Å². The minimum absolute atomic E-state index is 0.580. The van der Waals surface area contributed by atoms with E-state index in [1.54, 1.807) is 0 Å². The first-order valence-corrected chi connectivity index (χ1v) is 16.0. The molecule has 0 unspecified atom stereocenters. The first-order valence-electron chi connectivity index (χ1n) is 16.0. The largest absolute Gasteiger partial charge is 0.473 e. The molecule has 8 rings (SSSR count). The van der Waals surface area contributed by atoms with Crippen molar-refractivity contribution >= 4 is 11.4 Å². The van der Waals surface area contributed by atoms with Gasteiger partial charge < -0.3 is 19.3 Å². The van der Waals surface area contributed by atoms with Crippen molar-refractivity contribution in [2.45, 2.75) is 25.9 Å². The van der Waals surface area contributed by atoms with Crippen molar-refractivity contribution in [1.29, 1.82) is 0 Å². The molecular formula is C42H36N2O2. The Morgan fingerprint density at radius 1 is 0.391 bits per heavy atom. The summed E-state index contributed by atoms with van der Waals surface area (Å²) in [5, 5.41) is 0. The molecule has 2 aliphatic rings. The van der Waals surface area contributed by atoms with E-state index in [2.05, 4.69) is 131 Å². The summed E-state index contributed by atoms with van der Waals surface area (Å²) in [5.74, 6) is 1.99. The molecule has 6 aromatic rings. The predicted octanol–water partition coefficient (Wildman–Crippen LogP) is 9.25. The number of benzene rings is 6. The molecule has 0 spiro atoms. The van der Waals surface area contributed by atoms with Gasteiger partial charge in [-0.3, -0.25) is 0 Å². The Kier molecular flexibility index (Phi) is 7.61. The van der Waals surface area contributed by atoms with E-state index in [1.807, 2.05) is 24.3 Å². The number of para-hydroxylation sites is 2. The molecular weight excluding hydrogens is 564 g/mol. The van der Waals surface area contributed by atoms with Crippen molar-refractivity contribution in [1.82, 2.24) is 0 Å². The van der Waals surface area contributed by atoms with Gasteiger partial charge in [0.1, 0.15) is 11.5 Å². The molecule has 226 valence electrons. The Morgan fingerprint density at radius 3 is 1.13 bits per heavy atom. The molecule has 0 aromatic heterocycles.